The van der Waals surface area contributed by atoms with Gasteiger partial charge in [-0.25, -0.2) is 0 Å². The number of hydrogen-bond donors (Lipinski definition) is 1. The van der Waals surface area contributed by atoms with Gasteiger partial charge in [-0.15, -0.1) is 0 Å². The van der Waals surface area contributed by atoms with Crippen molar-refractivity contribution < 1.29 is 9.59 Å². The highest BCUT2D eigenvalue weighted by Gasteiger charge is 2.38. The zero-order chi connectivity index (χ0) is 15.8. The van der Waals surface area contributed by atoms with E-state index in [-0.39, 0.29) is 24.4 Å². The molecule has 2 saturated heterocycles. The van der Waals surface area contributed by atoms with Crippen LogP contribution in [0.25, 0.3) is 10.9 Å². The summed E-state index contributed by atoms with van der Waals surface area (Å²) < 4.78 is 0. The van der Waals surface area contributed by atoms with Gasteiger partial charge in [0.25, 0.3) is 0 Å². The number of nitrogens with one attached hydrogen (secondary N) is 1. The molecular weight excluding hydrogens is 292 g/mol. The molecule has 0 radical (unpaired) electrons. The van der Waals surface area contributed by atoms with Crippen molar-refractivity contribution in [3.63, 3.8) is 0 Å². The molecule has 1 unspecified atom stereocenters. The highest BCUT2D eigenvalue weighted by atomic mass is 16.2. The van der Waals surface area contributed by atoms with Crippen molar-refractivity contribution in [2.45, 2.75) is 12.6 Å². The molecule has 0 aliphatic carbocycles. The zero-order valence-electron chi connectivity index (χ0n) is 12.7. The third-order valence-electron chi connectivity index (χ3n) is 4.61. The number of piperazine rings is 2. The van der Waals surface area contributed by atoms with Crippen LogP contribution in [0, 0.1) is 0 Å². The molecule has 2 aliphatic heterocycles. The number of nitrogens with zero attached hydrogens (tertiary/aromatic N) is 3. The van der Waals surface area contributed by atoms with E-state index in [0.29, 0.717) is 13.1 Å². The normalized spacial score (nSPS) is 22.1. The number of rotatable bonds is 2. The van der Waals surface area contributed by atoms with E-state index in [1.165, 1.54) is 0 Å². The SMILES string of the molecule is O=C1NCC(=O)N2CCN(Cc3cccc4cccnc34)CC12. The van der Waals surface area contributed by atoms with Gasteiger partial charge in [-0.2, -0.15) is 0 Å². The molecule has 118 valence electrons. The molecule has 0 saturated carbocycles. The standard InChI is InChI=1S/C17H18N4O2/c22-15-9-19-17(23)14-11-20(7-8-21(14)15)10-13-4-1-3-12-5-2-6-18-16(12)13/h1-6,14H,7-11H2,(H,19,23). The Bertz CT molecular complexity index is 771. The van der Waals surface area contributed by atoms with Crippen molar-refractivity contribution in [2.75, 3.05) is 26.2 Å². The maximum absolute atomic E-state index is 12.0. The summed E-state index contributed by atoms with van der Waals surface area (Å²) in [6, 6.07) is 9.78. The molecule has 2 amide bonds. The van der Waals surface area contributed by atoms with E-state index >= 15 is 0 Å². The van der Waals surface area contributed by atoms with Crippen molar-refractivity contribution in [1.82, 2.24) is 20.1 Å². The average Bonchev–Trinajstić information content (AvgIpc) is 2.59. The van der Waals surface area contributed by atoms with E-state index in [4.69, 9.17) is 0 Å². The lowest BCUT2D eigenvalue weighted by Crippen LogP contribution is -2.65. The largest absolute Gasteiger partial charge is 0.345 e. The number of carbonyl (C=O) groups is 2. The minimum atomic E-state index is -0.368. The van der Waals surface area contributed by atoms with E-state index in [9.17, 15) is 9.59 Å². The number of benzene rings is 1. The van der Waals surface area contributed by atoms with Crippen LogP contribution in [0.3, 0.4) is 0 Å². The fraction of sp³-hybridized carbons (Fsp3) is 0.353. The summed E-state index contributed by atoms with van der Waals surface area (Å²) in [5, 5.41) is 3.80. The quantitative estimate of drug-likeness (QED) is 0.871. The monoisotopic (exact) mass is 310 g/mol. The van der Waals surface area contributed by atoms with Gasteiger partial charge < -0.3 is 10.2 Å². The second-order valence-electron chi connectivity index (χ2n) is 6.05. The van der Waals surface area contributed by atoms with Gasteiger partial charge in [0.15, 0.2) is 0 Å². The molecule has 6 nitrogen and oxygen atoms in total. The average molecular weight is 310 g/mol. The third kappa shape index (κ3) is 2.55. The van der Waals surface area contributed by atoms with Crippen molar-refractivity contribution in [2.24, 2.45) is 0 Å². The van der Waals surface area contributed by atoms with Gasteiger partial charge in [-0.05, 0) is 11.6 Å². The van der Waals surface area contributed by atoms with Crippen molar-refractivity contribution in [3.8, 4) is 0 Å². The van der Waals surface area contributed by atoms with E-state index in [0.717, 1.165) is 29.6 Å². The molecule has 1 N–H and O–H groups in total. The van der Waals surface area contributed by atoms with Crippen molar-refractivity contribution in [1.29, 1.82) is 0 Å². The molecule has 1 atom stereocenters. The predicted octanol–water partition coefficient (Wildman–Crippen LogP) is 0.377. The summed E-state index contributed by atoms with van der Waals surface area (Å²) in [5.74, 6) is -0.0357. The third-order valence-corrected chi connectivity index (χ3v) is 4.61. The molecule has 2 aliphatic rings. The fourth-order valence-corrected chi connectivity index (χ4v) is 3.42. The van der Waals surface area contributed by atoms with E-state index in [1.807, 2.05) is 12.1 Å². The first-order chi connectivity index (χ1) is 11.2. The van der Waals surface area contributed by atoms with Crippen LogP contribution in [0.4, 0.5) is 0 Å². The van der Waals surface area contributed by atoms with Gasteiger partial charge in [0.2, 0.25) is 11.8 Å². The van der Waals surface area contributed by atoms with Crippen LogP contribution in [0.2, 0.25) is 0 Å². The van der Waals surface area contributed by atoms with Gasteiger partial charge in [-0.1, -0.05) is 24.3 Å². The van der Waals surface area contributed by atoms with Gasteiger partial charge in [0.05, 0.1) is 12.1 Å². The van der Waals surface area contributed by atoms with E-state index < -0.39 is 0 Å². The number of pyridine rings is 1. The minimum Gasteiger partial charge on any atom is -0.345 e. The maximum atomic E-state index is 12.0. The minimum absolute atomic E-state index is 0.0149. The Labute approximate surface area is 134 Å². The predicted molar refractivity (Wildman–Crippen MR) is 85.5 cm³/mol. The molecule has 1 aromatic heterocycles. The number of fused-ring (bicyclic) bond motifs is 2. The molecule has 6 heteroatoms. The fourth-order valence-electron chi connectivity index (χ4n) is 3.42. The van der Waals surface area contributed by atoms with Crippen LogP contribution in [0.5, 0.6) is 0 Å². The molecule has 2 aromatic rings. The lowest BCUT2D eigenvalue weighted by molar-refractivity contribution is -0.149. The molecule has 3 heterocycles. The van der Waals surface area contributed by atoms with Crippen LogP contribution in [-0.4, -0.2) is 58.8 Å². The topological polar surface area (TPSA) is 65.5 Å². The Morgan fingerprint density at radius 2 is 2.04 bits per heavy atom. The lowest BCUT2D eigenvalue weighted by atomic mass is 10.1. The van der Waals surface area contributed by atoms with Crippen molar-refractivity contribution in [3.05, 3.63) is 42.1 Å². The Morgan fingerprint density at radius 1 is 1.17 bits per heavy atom. The second kappa shape index (κ2) is 5.62. The maximum Gasteiger partial charge on any atom is 0.244 e. The Hall–Kier alpha value is -2.47. The molecule has 23 heavy (non-hydrogen) atoms. The molecule has 0 bridgehead atoms. The molecule has 1 aromatic carbocycles. The van der Waals surface area contributed by atoms with E-state index in [2.05, 4.69) is 33.4 Å². The number of hydrogen-bond acceptors (Lipinski definition) is 4. The zero-order valence-corrected chi connectivity index (χ0v) is 12.7. The first-order valence-corrected chi connectivity index (χ1v) is 7.84. The summed E-state index contributed by atoms with van der Waals surface area (Å²) >= 11 is 0. The van der Waals surface area contributed by atoms with Crippen LogP contribution in [0.1, 0.15) is 5.56 Å². The van der Waals surface area contributed by atoms with Gasteiger partial charge in [-0.3, -0.25) is 19.5 Å². The van der Waals surface area contributed by atoms with Crippen LogP contribution < -0.4 is 5.32 Å². The highest BCUT2D eigenvalue weighted by Crippen LogP contribution is 2.20. The van der Waals surface area contributed by atoms with Gasteiger partial charge in [0.1, 0.15) is 6.04 Å². The summed E-state index contributed by atoms with van der Waals surface area (Å²) in [6.07, 6.45) is 1.80. The van der Waals surface area contributed by atoms with Crippen molar-refractivity contribution >= 4 is 22.7 Å². The summed E-state index contributed by atoms with van der Waals surface area (Å²) in [5.41, 5.74) is 2.15. The summed E-state index contributed by atoms with van der Waals surface area (Å²) in [4.78, 5) is 32.4. The smallest absolute Gasteiger partial charge is 0.244 e. The first-order valence-electron chi connectivity index (χ1n) is 7.84. The first kappa shape index (κ1) is 14.1. The summed E-state index contributed by atoms with van der Waals surface area (Å²) in [7, 11) is 0. The molecule has 4 rings (SSSR count). The van der Waals surface area contributed by atoms with Gasteiger partial charge >= 0.3 is 0 Å². The van der Waals surface area contributed by atoms with Gasteiger partial charge in [0, 0.05) is 37.8 Å². The molecule has 2 fully saturated rings. The van der Waals surface area contributed by atoms with Crippen LogP contribution >= 0.6 is 0 Å². The summed E-state index contributed by atoms with van der Waals surface area (Å²) in [6.45, 7) is 2.82. The highest BCUT2D eigenvalue weighted by molar-refractivity contribution is 5.95. The lowest BCUT2D eigenvalue weighted by Gasteiger charge is -2.43. The Kier molecular flexibility index (Phi) is 3.46. The van der Waals surface area contributed by atoms with Crippen LogP contribution in [-0.2, 0) is 16.1 Å². The number of para-hydroxylation sites is 1. The second-order valence-corrected chi connectivity index (χ2v) is 6.05. The number of aromatic nitrogens is 1. The Morgan fingerprint density at radius 3 is 2.96 bits per heavy atom. The number of amides is 2. The molecular formula is C17H18N4O2. The Balaban J connectivity index is 1.55. The number of carbonyl (C=O) groups excluding carboxylic acids is 2. The molecule has 0 spiro atoms. The van der Waals surface area contributed by atoms with E-state index in [1.54, 1.807) is 11.1 Å². The van der Waals surface area contributed by atoms with Crippen LogP contribution in [0.15, 0.2) is 36.5 Å².